The lowest BCUT2D eigenvalue weighted by molar-refractivity contribution is -0.182. The van der Waals surface area contributed by atoms with Crippen molar-refractivity contribution < 1.29 is 19.1 Å². The monoisotopic (exact) mass is 266 g/mol. The fourth-order valence-electron chi connectivity index (χ4n) is 3.00. The van der Waals surface area contributed by atoms with Gasteiger partial charge in [0.2, 0.25) is 0 Å². The summed E-state index contributed by atoms with van der Waals surface area (Å²) in [6, 6.07) is 0. The van der Waals surface area contributed by atoms with Crippen LogP contribution in [-0.4, -0.2) is 23.6 Å². The molecule has 4 heteroatoms. The third kappa shape index (κ3) is 2.53. The molecule has 19 heavy (non-hydrogen) atoms. The van der Waals surface area contributed by atoms with Crippen LogP contribution in [0.3, 0.4) is 0 Å². The first-order chi connectivity index (χ1) is 8.75. The lowest BCUT2D eigenvalue weighted by Crippen LogP contribution is -2.52. The van der Waals surface area contributed by atoms with E-state index in [4.69, 9.17) is 9.47 Å². The van der Waals surface area contributed by atoms with Crippen molar-refractivity contribution in [2.24, 2.45) is 5.41 Å². The van der Waals surface area contributed by atoms with Crippen LogP contribution < -0.4 is 0 Å². The predicted octanol–water partition coefficient (Wildman–Crippen LogP) is 2.76. The minimum absolute atomic E-state index is 0.258. The summed E-state index contributed by atoms with van der Waals surface area (Å²) >= 11 is 0. The number of esters is 2. The average Bonchev–Trinajstić information content (AvgIpc) is 2.26. The maximum absolute atomic E-state index is 12.6. The van der Waals surface area contributed by atoms with Crippen LogP contribution >= 0.6 is 0 Å². The Hall–Kier alpha value is -1.32. The van der Waals surface area contributed by atoms with Gasteiger partial charge in [0.05, 0.1) is 0 Å². The van der Waals surface area contributed by atoms with Gasteiger partial charge in [-0.2, -0.15) is 0 Å². The number of hydrogen-bond donors (Lipinski definition) is 0. The summed E-state index contributed by atoms with van der Waals surface area (Å²) in [4.78, 5) is 24.2. The number of carbonyl (C=O) groups is 2. The van der Waals surface area contributed by atoms with Crippen LogP contribution in [0.15, 0.2) is 11.6 Å². The average molecular weight is 266 g/mol. The highest BCUT2D eigenvalue weighted by Crippen LogP contribution is 2.47. The van der Waals surface area contributed by atoms with Crippen LogP contribution in [0.2, 0.25) is 0 Å². The summed E-state index contributed by atoms with van der Waals surface area (Å²) in [5.41, 5.74) is -0.516. The first-order valence-corrected chi connectivity index (χ1v) is 6.88. The normalized spacial score (nSPS) is 31.1. The van der Waals surface area contributed by atoms with Crippen molar-refractivity contribution in [3.63, 3.8) is 0 Å². The summed E-state index contributed by atoms with van der Waals surface area (Å²) in [6.45, 7) is 7.40. The van der Waals surface area contributed by atoms with Gasteiger partial charge in [0.1, 0.15) is 17.1 Å². The highest BCUT2D eigenvalue weighted by molar-refractivity contribution is 5.90. The lowest BCUT2D eigenvalue weighted by atomic mass is 9.66. The van der Waals surface area contributed by atoms with Crippen molar-refractivity contribution >= 4 is 11.9 Å². The zero-order valence-corrected chi connectivity index (χ0v) is 12.1. The number of hydrogen-bond acceptors (Lipinski definition) is 4. The van der Waals surface area contributed by atoms with Crippen molar-refractivity contribution in [3.8, 4) is 0 Å². The van der Waals surface area contributed by atoms with Gasteiger partial charge in [-0.1, -0.05) is 6.42 Å². The van der Waals surface area contributed by atoms with Crippen molar-refractivity contribution in [2.75, 3.05) is 0 Å². The SMILES string of the molecule is CC1=CC(=O)O[C@@H]2CCCC[C@@]12C(=O)OC(C)(C)C. The Labute approximate surface area is 114 Å². The van der Waals surface area contributed by atoms with E-state index in [1.165, 1.54) is 6.08 Å². The molecule has 0 spiro atoms. The maximum Gasteiger partial charge on any atom is 0.331 e. The molecule has 1 saturated carbocycles. The van der Waals surface area contributed by atoms with E-state index >= 15 is 0 Å². The van der Waals surface area contributed by atoms with Crippen LogP contribution in [0.4, 0.5) is 0 Å². The molecular weight excluding hydrogens is 244 g/mol. The fourth-order valence-corrected chi connectivity index (χ4v) is 3.00. The van der Waals surface area contributed by atoms with Gasteiger partial charge in [-0.25, -0.2) is 4.79 Å². The van der Waals surface area contributed by atoms with Crippen LogP contribution in [-0.2, 0) is 19.1 Å². The van der Waals surface area contributed by atoms with E-state index in [-0.39, 0.29) is 18.0 Å². The van der Waals surface area contributed by atoms with Crippen molar-refractivity contribution in [1.29, 1.82) is 0 Å². The first kappa shape index (κ1) is 14.1. The van der Waals surface area contributed by atoms with Crippen molar-refractivity contribution in [3.05, 3.63) is 11.6 Å². The minimum Gasteiger partial charge on any atom is -0.459 e. The molecule has 0 amide bonds. The quantitative estimate of drug-likeness (QED) is 0.685. The zero-order valence-electron chi connectivity index (χ0n) is 12.1. The zero-order chi connectivity index (χ0) is 14.3. The second kappa shape index (κ2) is 4.66. The largest absolute Gasteiger partial charge is 0.459 e. The molecule has 2 rings (SSSR count). The van der Waals surface area contributed by atoms with E-state index in [0.717, 1.165) is 24.8 Å². The maximum atomic E-state index is 12.6. The third-order valence-electron chi connectivity index (χ3n) is 3.90. The summed E-state index contributed by atoms with van der Waals surface area (Å²) in [7, 11) is 0. The molecule has 2 atom stereocenters. The molecule has 2 aliphatic rings. The molecule has 1 aliphatic heterocycles. The highest BCUT2D eigenvalue weighted by Gasteiger charge is 2.54. The van der Waals surface area contributed by atoms with Crippen LogP contribution in [0.1, 0.15) is 53.4 Å². The smallest absolute Gasteiger partial charge is 0.331 e. The number of ether oxygens (including phenoxy) is 2. The summed E-state index contributed by atoms with van der Waals surface area (Å²) in [5, 5.41) is 0. The third-order valence-corrected chi connectivity index (χ3v) is 3.90. The summed E-state index contributed by atoms with van der Waals surface area (Å²) in [5.74, 6) is -0.602. The number of rotatable bonds is 1. The Morgan fingerprint density at radius 2 is 2.11 bits per heavy atom. The standard InChI is InChI=1S/C15H22O4/c1-10-9-12(16)18-11-7-5-6-8-15(10,11)13(17)19-14(2,3)4/h9,11H,5-8H2,1-4H3/t11-,15-/m1/s1. The molecule has 0 bridgehead atoms. The highest BCUT2D eigenvalue weighted by atomic mass is 16.6. The molecule has 0 saturated heterocycles. The molecule has 0 radical (unpaired) electrons. The van der Waals surface area contributed by atoms with Gasteiger partial charge in [0, 0.05) is 6.08 Å². The van der Waals surface area contributed by atoms with Gasteiger partial charge >= 0.3 is 11.9 Å². The van der Waals surface area contributed by atoms with E-state index in [0.29, 0.717) is 6.42 Å². The van der Waals surface area contributed by atoms with Gasteiger partial charge in [-0.3, -0.25) is 4.79 Å². The predicted molar refractivity (Wildman–Crippen MR) is 70.4 cm³/mol. The molecular formula is C15H22O4. The van der Waals surface area contributed by atoms with Crippen molar-refractivity contribution in [2.45, 2.75) is 65.1 Å². The Morgan fingerprint density at radius 3 is 2.74 bits per heavy atom. The van der Waals surface area contributed by atoms with Gasteiger partial charge in [0.15, 0.2) is 0 Å². The summed E-state index contributed by atoms with van der Waals surface area (Å²) < 4.78 is 11.0. The van der Waals surface area contributed by atoms with Gasteiger partial charge in [-0.15, -0.1) is 0 Å². The topological polar surface area (TPSA) is 52.6 Å². The molecule has 0 aromatic heterocycles. The van der Waals surface area contributed by atoms with Gasteiger partial charge in [0.25, 0.3) is 0 Å². The molecule has 0 aromatic carbocycles. The number of carbonyl (C=O) groups excluding carboxylic acids is 2. The lowest BCUT2D eigenvalue weighted by Gasteiger charge is -2.45. The van der Waals surface area contributed by atoms with Gasteiger partial charge in [-0.05, 0) is 52.5 Å². The van der Waals surface area contributed by atoms with Crippen LogP contribution in [0, 0.1) is 5.41 Å². The Bertz CT molecular complexity index is 430. The number of fused-ring (bicyclic) bond motifs is 1. The fraction of sp³-hybridized carbons (Fsp3) is 0.733. The minimum atomic E-state index is -0.764. The van der Waals surface area contributed by atoms with E-state index in [1.54, 1.807) is 0 Å². The van der Waals surface area contributed by atoms with Crippen LogP contribution in [0.5, 0.6) is 0 Å². The molecule has 1 fully saturated rings. The molecule has 0 unspecified atom stereocenters. The molecule has 1 aliphatic carbocycles. The Morgan fingerprint density at radius 1 is 1.42 bits per heavy atom. The Balaban J connectivity index is 2.37. The molecule has 106 valence electrons. The second-order valence-electron chi connectivity index (χ2n) is 6.47. The van der Waals surface area contributed by atoms with Crippen molar-refractivity contribution in [1.82, 2.24) is 0 Å². The van der Waals surface area contributed by atoms with E-state index < -0.39 is 11.0 Å². The molecule has 0 aromatic rings. The first-order valence-electron chi connectivity index (χ1n) is 6.88. The molecule has 0 N–H and O–H groups in total. The van der Waals surface area contributed by atoms with E-state index in [9.17, 15) is 9.59 Å². The second-order valence-corrected chi connectivity index (χ2v) is 6.47. The van der Waals surface area contributed by atoms with E-state index in [1.807, 2.05) is 27.7 Å². The van der Waals surface area contributed by atoms with Crippen LogP contribution in [0.25, 0.3) is 0 Å². The molecule has 4 nitrogen and oxygen atoms in total. The molecule has 1 heterocycles. The van der Waals surface area contributed by atoms with E-state index in [2.05, 4.69) is 0 Å². The summed E-state index contributed by atoms with van der Waals surface area (Å²) in [6.07, 6.45) is 4.44. The Kier molecular flexibility index (Phi) is 3.45. The van der Waals surface area contributed by atoms with Gasteiger partial charge < -0.3 is 9.47 Å².